The molecule has 78 valence electrons. The summed E-state index contributed by atoms with van der Waals surface area (Å²) in [5.41, 5.74) is 5.31. The first-order valence-electron chi connectivity index (χ1n) is 4.14. The van der Waals surface area contributed by atoms with E-state index < -0.39 is 6.10 Å². The zero-order chi connectivity index (χ0) is 10.6. The first-order chi connectivity index (χ1) is 6.67. The number of aryl methyl sites for hydroxylation is 1. The van der Waals surface area contributed by atoms with Crippen LogP contribution in [0.4, 0.5) is 5.82 Å². The summed E-state index contributed by atoms with van der Waals surface area (Å²) in [6.45, 7) is 1.86. The average Bonchev–Trinajstić information content (AvgIpc) is 2.53. The standard InChI is InChI=1S/C8H13N3O3/c1-5-3-7(11-14-5)10-8(12)6(4-9)13-2/h3,6H,4,9H2,1-2H3,(H,10,11,12). The van der Waals surface area contributed by atoms with Gasteiger partial charge < -0.3 is 20.3 Å². The van der Waals surface area contributed by atoms with E-state index in [-0.39, 0.29) is 12.5 Å². The largest absolute Gasteiger partial charge is 0.370 e. The molecule has 0 aliphatic carbocycles. The van der Waals surface area contributed by atoms with Gasteiger partial charge in [0.2, 0.25) is 0 Å². The molecule has 1 heterocycles. The Morgan fingerprint density at radius 1 is 1.86 bits per heavy atom. The maximum absolute atomic E-state index is 11.4. The van der Waals surface area contributed by atoms with Crippen LogP contribution in [0, 0.1) is 6.92 Å². The average molecular weight is 199 g/mol. The van der Waals surface area contributed by atoms with Gasteiger partial charge in [-0.05, 0) is 6.92 Å². The number of aromatic nitrogens is 1. The number of nitrogens with one attached hydrogen (secondary N) is 1. The van der Waals surface area contributed by atoms with E-state index in [1.165, 1.54) is 7.11 Å². The van der Waals surface area contributed by atoms with Crippen LogP contribution in [-0.4, -0.2) is 30.8 Å². The van der Waals surface area contributed by atoms with Crippen molar-refractivity contribution < 1.29 is 14.1 Å². The Morgan fingerprint density at radius 2 is 2.57 bits per heavy atom. The third-order valence-corrected chi connectivity index (χ3v) is 1.67. The number of carbonyl (C=O) groups excluding carboxylic acids is 1. The molecule has 1 aromatic heterocycles. The molecule has 1 rings (SSSR count). The fraction of sp³-hybridized carbons (Fsp3) is 0.500. The molecule has 0 fully saturated rings. The minimum Gasteiger partial charge on any atom is -0.370 e. The van der Waals surface area contributed by atoms with Crippen molar-refractivity contribution in [1.29, 1.82) is 0 Å². The van der Waals surface area contributed by atoms with E-state index in [4.69, 9.17) is 15.0 Å². The minimum absolute atomic E-state index is 0.124. The monoisotopic (exact) mass is 199 g/mol. The molecule has 0 saturated heterocycles. The van der Waals surface area contributed by atoms with Crippen molar-refractivity contribution in [2.24, 2.45) is 5.73 Å². The first-order valence-corrected chi connectivity index (χ1v) is 4.14. The number of rotatable bonds is 4. The van der Waals surface area contributed by atoms with E-state index in [1.54, 1.807) is 13.0 Å². The molecule has 0 bridgehead atoms. The molecule has 3 N–H and O–H groups in total. The molecule has 6 heteroatoms. The maximum atomic E-state index is 11.4. The van der Waals surface area contributed by atoms with Crippen LogP contribution in [0.1, 0.15) is 5.76 Å². The van der Waals surface area contributed by atoms with Crippen molar-refractivity contribution in [3.63, 3.8) is 0 Å². The molecule has 0 spiro atoms. The minimum atomic E-state index is -0.660. The van der Waals surface area contributed by atoms with Gasteiger partial charge in [-0.25, -0.2) is 0 Å². The second-order valence-corrected chi connectivity index (χ2v) is 2.77. The second kappa shape index (κ2) is 4.73. The van der Waals surface area contributed by atoms with E-state index >= 15 is 0 Å². The summed E-state index contributed by atoms with van der Waals surface area (Å²) >= 11 is 0. The number of carbonyl (C=O) groups is 1. The molecule has 1 unspecified atom stereocenters. The summed E-state index contributed by atoms with van der Waals surface area (Å²) in [6, 6.07) is 1.61. The summed E-state index contributed by atoms with van der Waals surface area (Å²) in [4.78, 5) is 11.4. The number of nitrogens with two attached hydrogens (primary N) is 1. The smallest absolute Gasteiger partial charge is 0.256 e. The number of hydrogen-bond acceptors (Lipinski definition) is 5. The Labute approximate surface area is 81.4 Å². The van der Waals surface area contributed by atoms with E-state index in [0.29, 0.717) is 11.6 Å². The predicted octanol–water partition coefficient (Wildman–Crippen LogP) is -0.105. The normalized spacial score (nSPS) is 12.5. The van der Waals surface area contributed by atoms with Crippen LogP contribution in [0.3, 0.4) is 0 Å². The van der Waals surface area contributed by atoms with E-state index in [9.17, 15) is 4.79 Å². The maximum Gasteiger partial charge on any atom is 0.256 e. The van der Waals surface area contributed by atoms with Crippen molar-refractivity contribution in [3.05, 3.63) is 11.8 Å². The zero-order valence-corrected chi connectivity index (χ0v) is 8.11. The fourth-order valence-corrected chi connectivity index (χ4v) is 0.942. The molecule has 0 aromatic carbocycles. The van der Waals surface area contributed by atoms with Gasteiger partial charge in [-0.3, -0.25) is 4.79 Å². The lowest BCUT2D eigenvalue weighted by Gasteiger charge is -2.10. The molecule has 0 aliphatic rings. The van der Waals surface area contributed by atoms with Crippen molar-refractivity contribution in [2.75, 3.05) is 19.0 Å². The predicted molar refractivity (Wildman–Crippen MR) is 49.7 cm³/mol. The van der Waals surface area contributed by atoms with Crippen LogP contribution in [0.15, 0.2) is 10.6 Å². The second-order valence-electron chi connectivity index (χ2n) is 2.77. The Kier molecular flexibility index (Phi) is 3.61. The topological polar surface area (TPSA) is 90.4 Å². The number of anilines is 1. The van der Waals surface area contributed by atoms with Crippen molar-refractivity contribution in [3.8, 4) is 0 Å². The van der Waals surface area contributed by atoms with Crippen LogP contribution < -0.4 is 11.1 Å². The Balaban J connectivity index is 2.56. The molecule has 0 radical (unpaired) electrons. The third-order valence-electron chi connectivity index (χ3n) is 1.67. The van der Waals surface area contributed by atoms with Gasteiger partial charge in [0.25, 0.3) is 5.91 Å². The van der Waals surface area contributed by atoms with Gasteiger partial charge in [0.1, 0.15) is 11.9 Å². The van der Waals surface area contributed by atoms with Crippen LogP contribution in [0.5, 0.6) is 0 Å². The van der Waals surface area contributed by atoms with E-state index in [2.05, 4.69) is 10.5 Å². The first kappa shape index (κ1) is 10.7. The molecular formula is C8H13N3O3. The number of amides is 1. The summed E-state index contributed by atoms with van der Waals surface area (Å²) < 4.78 is 9.62. The van der Waals surface area contributed by atoms with E-state index in [1.807, 2.05) is 0 Å². The van der Waals surface area contributed by atoms with Crippen molar-refractivity contribution in [2.45, 2.75) is 13.0 Å². The van der Waals surface area contributed by atoms with Gasteiger partial charge in [-0.15, -0.1) is 0 Å². The van der Waals surface area contributed by atoms with Crippen LogP contribution in [0.25, 0.3) is 0 Å². The molecule has 14 heavy (non-hydrogen) atoms. The van der Waals surface area contributed by atoms with Crippen LogP contribution in [-0.2, 0) is 9.53 Å². The molecule has 0 saturated carbocycles. The molecule has 1 aromatic rings. The summed E-state index contributed by atoms with van der Waals surface area (Å²) in [5, 5.41) is 6.12. The van der Waals surface area contributed by atoms with Crippen LogP contribution >= 0.6 is 0 Å². The Hall–Kier alpha value is -1.40. The molecule has 1 atom stereocenters. The lowest BCUT2D eigenvalue weighted by Crippen LogP contribution is -2.35. The highest BCUT2D eigenvalue weighted by Gasteiger charge is 2.16. The summed E-state index contributed by atoms with van der Waals surface area (Å²) in [7, 11) is 1.42. The van der Waals surface area contributed by atoms with E-state index in [0.717, 1.165) is 0 Å². The molecular weight excluding hydrogens is 186 g/mol. The quantitative estimate of drug-likeness (QED) is 0.706. The number of hydrogen-bond donors (Lipinski definition) is 2. The highest BCUT2D eigenvalue weighted by Crippen LogP contribution is 2.07. The Bertz CT molecular complexity index is 307. The SMILES string of the molecule is COC(CN)C(=O)Nc1cc(C)on1. The highest BCUT2D eigenvalue weighted by molar-refractivity contribution is 5.93. The fourth-order valence-electron chi connectivity index (χ4n) is 0.942. The van der Waals surface area contributed by atoms with Gasteiger partial charge in [-0.1, -0.05) is 5.16 Å². The Morgan fingerprint density at radius 3 is 3.00 bits per heavy atom. The van der Waals surface area contributed by atoms with Gasteiger partial charge in [0.05, 0.1) is 0 Å². The number of ether oxygens (including phenoxy) is 1. The zero-order valence-electron chi connectivity index (χ0n) is 8.11. The molecule has 0 aliphatic heterocycles. The highest BCUT2D eigenvalue weighted by atomic mass is 16.5. The van der Waals surface area contributed by atoms with Crippen LogP contribution in [0.2, 0.25) is 0 Å². The van der Waals surface area contributed by atoms with Gasteiger partial charge >= 0.3 is 0 Å². The van der Waals surface area contributed by atoms with Crippen molar-refractivity contribution >= 4 is 11.7 Å². The lowest BCUT2D eigenvalue weighted by molar-refractivity contribution is -0.125. The number of nitrogens with zero attached hydrogens (tertiary/aromatic N) is 1. The molecule has 1 amide bonds. The van der Waals surface area contributed by atoms with Gasteiger partial charge in [0, 0.05) is 19.7 Å². The summed E-state index contributed by atoms with van der Waals surface area (Å²) in [6.07, 6.45) is -0.660. The van der Waals surface area contributed by atoms with Gasteiger partial charge in [-0.2, -0.15) is 0 Å². The summed E-state index contributed by atoms with van der Waals surface area (Å²) in [5.74, 6) is 0.660. The number of methoxy groups -OCH3 is 1. The molecule has 6 nitrogen and oxygen atoms in total. The van der Waals surface area contributed by atoms with Gasteiger partial charge in [0.15, 0.2) is 5.82 Å². The lowest BCUT2D eigenvalue weighted by atomic mass is 10.3. The third kappa shape index (κ3) is 2.54. The van der Waals surface area contributed by atoms with Crippen molar-refractivity contribution in [1.82, 2.24) is 5.16 Å².